The molecule has 2 aromatic carbocycles. The third-order valence-corrected chi connectivity index (χ3v) is 4.95. The summed E-state index contributed by atoms with van der Waals surface area (Å²) in [6.45, 7) is 0. The summed E-state index contributed by atoms with van der Waals surface area (Å²) in [5.74, 6) is -1.08. The Morgan fingerprint density at radius 2 is 1.59 bits per heavy atom. The maximum Gasteiger partial charge on any atom is 0.285 e. The summed E-state index contributed by atoms with van der Waals surface area (Å²) in [7, 11) is -3.99. The molecule has 0 aliphatic heterocycles. The number of anilines is 1. The Balaban J connectivity index is 2.06. The van der Waals surface area contributed by atoms with Crippen LogP contribution in [0, 0.1) is 0 Å². The van der Waals surface area contributed by atoms with Crippen LogP contribution >= 0.6 is 35.4 Å². The Hall–Kier alpha value is -2.40. The van der Waals surface area contributed by atoms with Crippen LogP contribution in [0.25, 0.3) is 0 Å². The molecule has 0 aliphatic rings. The lowest BCUT2D eigenvalue weighted by Crippen LogP contribution is -2.34. The first-order valence-electron chi connectivity index (χ1n) is 7.11. The second kappa shape index (κ2) is 8.53. The van der Waals surface area contributed by atoms with Crippen molar-refractivity contribution in [1.82, 2.24) is 5.32 Å². The van der Waals surface area contributed by atoms with Gasteiger partial charge in [-0.3, -0.25) is 10.1 Å². The molecule has 2 aromatic rings. The molecule has 8 nitrogen and oxygen atoms in total. The summed E-state index contributed by atoms with van der Waals surface area (Å²) in [5, 5.41) is 5.82. The van der Waals surface area contributed by atoms with Gasteiger partial charge in [-0.2, -0.15) is 8.42 Å². The molecule has 0 unspecified atom stereocenters. The van der Waals surface area contributed by atoms with Crippen molar-refractivity contribution in [2.75, 3.05) is 5.32 Å². The molecule has 0 atom stereocenters. The molecule has 1 amide bonds. The normalized spacial score (nSPS) is 10.7. The van der Waals surface area contributed by atoms with Crippen molar-refractivity contribution in [3.63, 3.8) is 0 Å². The van der Waals surface area contributed by atoms with Crippen LogP contribution in [-0.4, -0.2) is 25.4 Å². The van der Waals surface area contributed by atoms with Gasteiger partial charge in [0.2, 0.25) is 5.96 Å². The Morgan fingerprint density at radius 1 is 1.04 bits per heavy atom. The van der Waals surface area contributed by atoms with Gasteiger partial charge in [0.05, 0.1) is 4.90 Å². The van der Waals surface area contributed by atoms with Crippen molar-refractivity contribution >= 4 is 68.1 Å². The SMILES string of the molecule is NC(N)=NS(=O)(=O)c1ccc(NC(=S)NC(=O)c2cc(Cl)cc(Cl)c2)cc1. The quantitative estimate of drug-likeness (QED) is 0.320. The molecule has 12 heteroatoms. The minimum Gasteiger partial charge on any atom is -0.369 e. The average Bonchev–Trinajstić information content (AvgIpc) is 2.53. The van der Waals surface area contributed by atoms with E-state index in [2.05, 4.69) is 15.0 Å². The lowest BCUT2D eigenvalue weighted by atomic mass is 10.2. The van der Waals surface area contributed by atoms with Gasteiger partial charge in [0.15, 0.2) is 5.11 Å². The highest BCUT2D eigenvalue weighted by atomic mass is 35.5. The molecule has 0 bridgehead atoms. The molecule has 6 N–H and O–H groups in total. The summed E-state index contributed by atoms with van der Waals surface area (Å²) in [5.41, 5.74) is 10.8. The number of carbonyl (C=O) groups excluding carboxylic acids is 1. The molecular weight excluding hydrogens is 433 g/mol. The van der Waals surface area contributed by atoms with Crippen LogP contribution in [0.5, 0.6) is 0 Å². The third-order valence-electron chi connectivity index (χ3n) is 2.99. The molecule has 0 aromatic heterocycles. The fourth-order valence-electron chi connectivity index (χ4n) is 1.92. The second-order valence-corrected chi connectivity index (χ2v) is 7.97. The minimum atomic E-state index is -3.99. The highest BCUT2D eigenvalue weighted by molar-refractivity contribution is 7.90. The maximum absolute atomic E-state index is 12.2. The number of nitrogens with two attached hydrogens (primary N) is 2. The minimum absolute atomic E-state index is 0.00377. The fourth-order valence-corrected chi connectivity index (χ4v) is 3.52. The molecule has 0 radical (unpaired) electrons. The van der Waals surface area contributed by atoms with Crippen molar-refractivity contribution in [2.45, 2.75) is 4.90 Å². The standard InChI is InChI=1S/C15H13Cl2N5O3S2/c16-9-5-8(6-10(17)7-9)13(23)21-15(26)20-11-1-3-12(4-2-11)27(24,25)22-14(18)19/h1-7H,(H4,18,19,22)(H2,20,21,23,26). The molecule has 0 aliphatic carbocycles. The predicted molar refractivity (Wildman–Crippen MR) is 110 cm³/mol. The number of guanidine groups is 1. The predicted octanol–water partition coefficient (Wildman–Crippen LogP) is 2.08. The van der Waals surface area contributed by atoms with Crippen molar-refractivity contribution < 1.29 is 13.2 Å². The summed E-state index contributed by atoms with van der Waals surface area (Å²) in [6, 6.07) is 9.81. The average molecular weight is 446 g/mol. The van der Waals surface area contributed by atoms with E-state index in [1.165, 1.54) is 42.5 Å². The Morgan fingerprint density at radius 3 is 2.11 bits per heavy atom. The first-order valence-corrected chi connectivity index (χ1v) is 9.71. The van der Waals surface area contributed by atoms with Crippen molar-refractivity contribution in [3.05, 3.63) is 58.1 Å². The molecule has 0 saturated heterocycles. The van der Waals surface area contributed by atoms with Gasteiger partial charge in [0, 0.05) is 21.3 Å². The monoisotopic (exact) mass is 445 g/mol. The zero-order chi connectivity index (χ0) is 20.2. The van der Waals surface area contributed by atoms with Crippen LogP contribution in [0.1, 0.15) is 10.4 Å². The van der Waals surface area contributed by atoms with Crippen LogP contribution in [0.15, 0.2) is 51.8 Å². The van der Waals surface area contributed by atoms with E-state index in [-0.39, 0.29) is 15.6 Å². The van der Waals surface area contributed by atoms with Crippen LogP contribution in [0.4, 0.5) is 5.69 Å². The van der Waals surface area contributed by atoms with Gasteiger partial charge in [0.25, 0.3) is 15.9 Å². The van der Waals surface area contributed by atoms with E-state index < -0.39 is 21.9 Å². The van der Waals surface area contributed by atoms with Gasteiger partial charge < -0.3 is 16.8 Å². The number of halogens is 2. The molecule has 0 heterocycles. The van der Waals surface area contributed by atoms with E-state index in [0.29, 0.717) is 15.7 Å². The number of benzene rings is 2. The van der Waals surface area contributed by atoms with E-state index in [0.717, 1.165) is 0 Å². The molecule has 0 spiro atoms. The summed E-state index contributed by atoms with van der Waals surface area (Å²) < 4.78 is 26.9. The zero-order valence-electron chi connectivity index (χ0n) is 13.4. The van der Waals surface area contributed by atoms with Gasteiger partial charge in [-0.1, -0.05) is 23.2 Å². The number of thiocarbonyl (C=S) groups is 1. The highest BCUT2D eigenvalue weighted by Crippen LogP contribution is 2.19. The number of amides is 1. The molecule has 0 fully saturated rings. The van der Waals surface area contributed by atoms with E-state index in [1.807, 2.05) is 0 Å². The number of hydrogen-bond donors (Lipinski definition) is 4. The van der Waals surface area contributed by atoms with Gasteiger partial charge in [-0.15, -0.1) is 4.40 Å². The van der Waals surface area contributed by atoms with E-state index in [4.69, 9.17) is 46.9 Å². The van der Waals surface area contributed by atoms with Crippen molar-refractivity contribution in [2.24, 2.45) is 15.9 Å². The Bertz CT molecular complexity index is 1000. The first kappa shape index (κ1) is 20.9. The zero-order valence-corrected chi connectivity index (χ0v) is 16.6. The Labute approximate surface area is 170 Å². The van der Waals surface area contributed by atoms with E-state index in [9.17, 15) is 13.2 Å². The number of rotatable bonds is 4. The molecule has 142 valence electrons. The number of carbonyl (C=O) groups is 1. The van der Waals surface area contributed by atoms with Gasteiger partial charge >= 0.3 is 0 Å². The van der Waals surface area contributed by atoms with Crippen LogP contribution < -0.4 is 22.1 Å². The lowest BCUT2D eigenvalue weighted by Gasteiger charge is -2.10. The topological polar surface area (TPSA) is 140 Å². The number of sulfonamides is 1. The number of nitrogens with zero attached hydrogens (tertiary/aromatic N) is 1. The number of nitrogens with one attached hydrogen (secondary N) is 2. The highest BCUT2D eigenvalue weighted by Gasteiger charge is 2.14. The summed E-state index contributed by atoms with van der Waals surface area (Å²) in [4.78, 5) is 12.1. The van der Waals surface area contributed by atoms with Gasteiger partial charge in [-0.25, -0.2) is 0 Å². The molecule has 27 heavy (non-hydrogen) atoms. The second-order valence-electron chi connectivity index (χ2n) is 5.08. The summed E-state index contributed by atoms with van der Waals surface area (Å²) in [6.07, 6.45) is 0. The van der Waals surface area contributed by atoms with Crippen molar-refractivity contribution in [3.8, 4) is 0 Å². The van der Waals surface area contributed by atoms with E-state index >= 15 is 0 Å². The third kappa shape index (κ3) is 6.07. The van der Waals surface area contributed by atoms with Gasteiger partial charge in [-0.05, 0) is 54.7 Å². The van der Waals surface area contributed by atoms with Crippen LogP contribution in [0.2, 0.25) is 10.0 Å². The van der Waals surface area contributed by atoms with Crippen LogP contribution in [-0.2, 0) is 10.0 Å². The molecular formula is C15H13Cl2N5O3S2. The fraction of sp³-hybridized carbons (Fsp3) is 0. The lowest BCUT2D eigenvalue weighted by molar-refractivity contribution is 0.0977. The van der Waals surface area contributed by atoms with Gasteiger partial charge in [0.1, 0.15) is 0 Å². The first-order chi connectivity index (χ1) is 12.6. The van der Waals surface area contributed by atoms with Crippen LogP contribution in [0.3, 0.4) is 0 Å². The smallest absolute Gasteiger partial charge is 0.285 e. The Kier molecular flexibility index (Phi) is 6.60. The van der Waals surface area contributed by atoms with E-state index in [1.54, 1.807) is 0 Å². The largest absolute Gasteiger partial charge is 0.369 e. The van der Waals surface area contributed by atoms with Crippen molar-refractivity contribution in [1.29, 1.82) is 0 Å². The molecule has 2 rings (SSSR count). The summed E-state index contributed by atoms with van der Waals surface area (Å²) >= 11 is 16.8. The molecule has 0 saturated carbocycles. The maximum atomic E-state index is 12.2. The number of hydrogen-bond acceptors (Lipinski definition) is 4.